The van der Waals surface area contributed by atoms with E-state index >= 15 is 0 Å². The third-order valence-corrected chi connectivity index (χ3v) is 5.17. The first-order chi connectivity index (χ1) is 11.9. The van der Waals surface area contributed by atoms with Gasteiger partial charge < -0.3 is 15.2 Å². The summed E-state index contributed by atoms with van der Waals surface area (Å²) < 4.78 is 18.4. The van der Waals surface area contributed by atoms with Gasteiger partial charge in [0.2, 0.25) is 5.91 Å². The van der Waals surface area contributed by atoms with Crippen molar-refractivity contribution in [3.63, 3.8) is 0 Å². The van der Waals surface area contributed by atoms with E-state index < -0.39 is 23.2 Å². The number of aliphatic carboxylic acids is 1. The second kappa shape index (κ2) is 8.33. The molecule has 0 unspecified atom stereocenters. The number of hydrogen-bond acceptors (Lipinski definition) is 5. The molecule has 0 aromatic heterocycles. The SMILES string of the molecule is COc1ccc(C(=O)CCC(=O)NC2(C(=O)O)CCSCC2)cc1F. The molecule has 1 heterocycles. The Labute approximate surface area is 149 Å². The minimum atomic E-state index is -1.25. The molecule has 0 spiro atoms. The molecule has 1 aliphatic heterocycles. The molecule has 25 heavy (non-hydrogen) atoms. The molecule has 1 fully saturated rings. The zero-order chi connectivity index (χ0) is 18.4. The Morgan fingerprint density at radius 1 is 1.28 bits per heavy atom. The fourth-order valence-electron chi connectivity index (χ4n) is 2.65. The number of benzene rings is 1. The highest BCUT2D eigenvalue weighted by atomic mass is 32.2. The molecule has 136 valence electrons. The van der Waals surface area contributed by atoms with Gasteiger partial charge >= 0.3 is 5.97 Å². The predicted molar refractivity (Wildman–Crippen MR) is 91.6 cm³/mol. The average Bonchev–Trinajstić information content (AvgIpc) is 2.60. The molecule has 0 aliphatic carbocycles. The molecule has 8 heteroatoms. The van der Waals surface area contributed by atoms with Crippen LogP contribution in [-0.4, -0.2) is 46.9 Å². The molecule has 1 aliphatic rings. The van der Waals surface area contributed by atoms with Crippen LogP contribution < -0.4 is 10.1 Å². The van der Waals surface area contributed by atoms with Crippen molar-refractivity contribution >= 4 is 29.4 Å². The lowest BCUT2D eigenvalue weighted by Crippen LogP contribution is -2.56. The average molecular weight is 369 g/mol. The van der Waals surface area contributed by atoms with Crippen LogP contribution in [0.3, 0.4) is 0 Å². The molecule has 0 saturated carbocycles. The van der Waals surface area contributed by atoms with Gasteiger partial charge in [-0.05, 0) is 42.5 Å². The largest absolute Gasteiger partial charge is 0.494 e. The molecule has 1 amide bonds. The van der Waals surface area contributed by atoms with Crippen LogP contribution in [0.5, 0.6) is 5.75 Å². The van der Waals surface area contributed by atoms with Crippen LogP contribution in [0, 0.1) is 5.82 Å². The second-order valence-electron chi connectivity index (χ2n) is 5.82. The number of ketones is 1. The number of carboxylic acids is 1. The van der Waals surface area contributed by atoms with E-state index in [4.69, 9.17) is 4.74 Å². The van der Waals surface area contributed by atoms with Gasteiger partial charge in [0.25, 0.3) is 0 Å². The number of amides is 1. The number of ether oxygens (including phenoxy) is 1. The summed E-state index contributed by atoms with van der Waals surface area (Å²) in [6.07, 6.45) is 0.448. The van der Waals surface area contributed by atoms with Gasteiger partial charge in [0.15, 0.2) is 17.3 Å². The number of Topliss-reactive ketones (excluding diaryl/α,β-unsaturated/α-hetero) is 1. The van der Waals surface area contributed by atoms with E-state index in [1.54, 1.807) is 11.8 Å². The van der Waals surface area contributed by atoms with Gasteiger partial charge in [0.1, 0.15) is 5.54 Å². The molecule has 0 atom stereocenters. The highest BCUT2D eigenvalue weighted by Crippen LogP contribution is 2.27. The number of hydrogen-bond donors (Lipinski definition) is 2. The Kier molecular flexibility index (Phi) is 6.41. The fourth-order valence-corrected chi connectivity index (χ4v) is 3.84. The van der Waals surface area contributed by atoms with Crippen molar-refractivity contribution in [1.29, 1.82) is 0 Å². The first kappa shape index (κ1) is 19.2. The number of thioether (sulfide) groups is 1. The van der Waals surface area contributed by atoms with Gasteiger partial charge in [0, 0.05) is 18.4 Å². The first-order valence-corrected chi connectivity index (χ1v) is 9.02. The van der Waals surface area contributed by atoms with Crippen molar-refractivity contribution in [2.24, 2.45) is 0 Å². The van der Waals surface area contributed by atoms with Gasteiger partial charge in [-0.2, -0.15) is 11.8 Å². The Balaban J connectivity index is 1.93. The molecule has 1 aromatic rings. The summed E-state index contributed by atoms with van der Waals surface area (Å²) in [5.74, 6) is -1.22. The van der Waals surface area contributed by atoms with Crippen LogP contribution in [0.4, 0.5) is 4.39 Å². The minimum Gasteiger partial charge on any atom is -0.494 e. The second-order valence-corrected chi connectivity index (χ2v) is 7.05. The van der Waals surface area contributed by atoms with Gasteiger partial charge in [-0.15, -0.1) is 0 Å². The minimum absolute atomic E-state index is 0.0351. The number of rotatable bonds is 7. The summed E-state index contributed by atoms with van der Waals surface area (Å²) in [6, 6.07) is 3.84. The number of halogens is 1. The first-order valence-electron chi connectivity index (χ1n) is 7.87. The summed E-state index contributed by atoms with van der Waals surface area (Å²) in [6.45, 7) is 0. The maximum Gasteiger partial charge on any atom is 0.329 e. The van der Waals surface area contributed by atoms with Crippen molar-refractivity contribution in [2.45, 2.75) is 31.2 Å². The van der Waals surface area contributed by atoms with Crippen LogP contribution in [0.15, 0.2) is 18.2 Å². The zero-order valence-corrected chi connectivity index (χ0v) is 14.7. The van der Waals surface area contributed by atoms with E-state index in [1.165, 1.54) is 19.2 Å². The molecule has 0 radical (unpaired) electrons. The number of methoxy groups -OCH3 is 1. The monoisotopic (exact) mass is 369 g/mol. The Hall–Kier alpha value is -2.09. The summed E-state index contributed by atoms with van der Waals surface area (Å²) in [4.78, 5) is 35.7. The molecule has 1 saturated heterocycles. The third kappa shape index (κ3) is 4.72. The molecule has 2 N–H and O–H groups in total. The topological polar surface area (TPSA) is 92.7 Å². The van der Waals surface area contributed by atoms with Crippen molar-refractivity contribution in [2.75, 3.05) is 18.6 Å². The van der Waals surface area contributed by atoms with Gasteiger partial charge in [0.05, 0.1) is 7.11 Å². The summed E-state index contributed by atoms with van der Waals surface area (Å²) in [5.41, 5.74) is -1.11. The molecular formula is C17H20FNO5S. The van der Waals surface area contributed by atoms with Crippen LogP contribution in [0.25, 0.3) is 0 Å². The molecular weight excluding hydrogens is 349 g/mol. The Morgan fingerprint density at radius 3 is 2.52 bits per heavy atom. The number of carbonyl (C=O) groups excluding carboxylic acids is 2. The number of carbonyl (C=O) groups is 3. The highest BCUT2D eigenvalue weighted by molar-refractivity contribution is 7.99. The third-order valence-electron chi connectivity index (χ3n) is 4.19. The van der Waals surface area contributed by atoms with E-state index in [2.05, 4.69) is 5.32 Å². The maximum atomic E-state index is 13.6. The lowest BCUT2D eigenvalue weighted by Gasteiger charge is -2.33. The van der Waals surface area contributed by atoms with Crippen molar-refractivity contribution < 1.29 is 28.6 Å². The Morgan fingerprint density at radius 2 is 1.96 bits per heavy atom. The van der Waals surface area contributed by atoms with Crippen LogP contribution in [-0.2, 0) is 9.59 Å². The molecule has 0 bridgehead atoms. The lowest BCUT2D eigenvalue weighted by molar-refractivity contribution is -0.148. The van der Waals surface area contributed by atoms with Gasteiger partial charge in [-0.3, -0.25) is 9.59 Å². The maximum absolute atomic E-state index is 13.6. The van der Waals surface area contributed by atoms with Crippen LogP contribution in [0.1, 0.15) is 36.0 Å². The summed E-state index contributed by atoms with van der Waals surface area (Å²) in [5, 5.41) is 12.0. The summed E-state index contributed by atoms with van der Waals surface area (Å²) in [7, 11) is 1.33. The smallest absolute Gasteiger partial charge is 0.329 e. The molecule has 6 nitrogen and oxygen atoms in total. The van der Waals surface area contributed by atoms with Crippen molar-refractivity contribution in [1.82, 2.24) is 5.32 Å². The van der Waals surface area contributed by atoms with Gasteiger partial charge in [-0.1, -0.05) is 0 Å². The van der Waals surface area contributed by atoms with E-state index in [9.17, 15) is 23.9 Å². The molecule has 2 rings (SSSR count). The molecule has 1 aromatic carbocycles. The summed E-state index contributed by atoms with van der Waals surface area (Å²) >= 11 is 1.65. The predicted octanol–water partition coefficient (Wildman–Crippen LogP) is 2.26. The zero-order valence-electron chi connectivity index (χ0n) is 13.8. The quantitative estimate of drug-likeness (QED) is 0.716. The van der Waals surface area contributed by atoms with Crippen LogP contribution in [0.2, 0.25) is 0 Å². The van der Waals surface area contributed by atoms with E-state index in [0.29, 0.717) is 24.3 Å². The van der Waals surface area contributed by atoms with Gasteiger partial charge in [-0.25, -0.2) is 9.18 Å². The lowest BCUT2D eigenvalue weighted by atomic mass is 9.92. The normalized spacial score (nSPS) is 16.1. The number of nitrogens with one attached hydrogen (secondary N) is 1. The van der Waals surface area contributed by atoms with Crippen molar-refractivity contribution in [3.05, 3.63) is 29.6 Å². The fraction of sp³-hybridized carbons (Fsp3) is 0.471. The van der Waals surface area contributed by atoms with Crippen LogP contribution >= 0.6 is 11.8 Å². The van der Waals surface area contributed by atoms with Crippen molar-refractivity contribution in [3.8, 4) is 5.75 Å². The standard InChI is InChI=1S/C17H20FNO5S/c1-24-14-4-2-11(10-12(14)18)13(20)3-5-15(21)19-17(16(22)23)6-8-25-9-7-17/h2,4,10H,3,5-9H2,1H3,(H,19,21)(H,22,23). The highest BCUT2D eigenvalue weighted by Gasteiger charge is 2.41. The van der Waals surface area contributed by atoms with E-state index in [-0.39, 0.29) is 29.9 Å². The van der Waals surface area contributed by atoms with E-state index in [1.807, 2.05) is 0 Å². The number of carboxylic acid groups (broad SMARTS) is 1. The van der Waals surface area contributed by atoms with E-state index in [0.717, 1.165) is 6.07 Å². The Bertz CT molecular complexity index is 673.